The maximum Gasteiger partial charge on any atom is 0.416 e. The van der Waals surface area contributed by atoms with E-state index in [2.05, 4.69) is 9.98 Å². The molecule has 1 heterocycles. The Morgan fingerprint density at radius 3 is 2.64 bits per heavy atom. The summed E-state index contributed by atoms with van der Waals surface area (Å²) in [5.74, 6) is -1.74. The third-order valence-corrected chi connectivity index (χ3v) is 4.39. The standard InChI is InChI=1S/C18H15ClF3N3O3/c1-25(2)6-5-23-12-8-13(26)14-16(15(12)27)28-17(24-14)10-7-9(18(20,21)22)3-4-11(10)19/h3-4,7H,5-6,8H2,1-2H3. The van der Waals surface area contributed by atoms with Gasteiger partial charge in [0.15, 0.2) is 11.5 Å². The predicted molar refractivity (Wildman–Crippen MR) is 96.1 cm³/mol. The Morgan fingerprint density at radius 1 is 1.29 bits per heavy atom. The van der Waals surface area contributed by atoms with Gasteiger partial charge in [0.2, 0.25) is 17.4 Å². The minimum atomic E-state index is -4.59. The van der Waals surface area contributed by atoms with Crippen LogP contribution in [0.5, 0.6) is 0 Å². The fourth-order valence-electron chi connectivity index (χ4n) is 2.60. The molecule has 1 aliphatic carbocycles. The number of likely N-dealkylation sites (N-methyl/N-ethyl adjacent to an activating group) is 1. The number of nitrogens with zero attached hydrogens (tertiary/aromatic N) is 3. The van der Waals surface area contributed by atoms with Crippen molar-refractivity contribution in [2.45, 2.75) is 12.6 Å². The number of oxazole rings is 1. The van der Waals surface area contributed by atoms with Crippen LogP contribution in [0.25, 0.3) is 11.5 Å². The van der Waals surface area contributed by atoms with E-state index in [0.717, 1.165) is 18.2 Å². The van der Waals surface area contributed by atoms with Crippen molar-refractivity contribution < 1.29 is 27.2 Å². The molecule has 0 saturated heterocycles. The molecular weight excluding hydrogens is 399 g/mol. The van der Waals surface area contributed by atoms with E-state index < -0.39 is 23.3 Å². The van der Waals surface area contributed by atoms with Gasteiger partial charge in [0.05, 0.1) is 34.8 Å². The van der Waals surface area contributed by atoms with Crippen LogP contribution in [0.15, 0.2) is 27.6 Å². The van der Waals surface area contributed by atoms with E-state index in [1.165, 1.54) is 0 Å². The number of alkyl halides is 3. The number of benzene rings is 1. The lowest BCUT2D eigenvalue weighted by Gasteiger charge is -2.11. The van der Waals surface area contributed by atoms with Crippen LogP contribution in [0.1, 0.15) is 33.0 Å². The number of rotatable bonds is 4. The van der Waals surface area contributed by atoms with Gasteiger partial charge in [0, 0.05) is 6.54 Å². The maximum absolute atomic E-state index is 13.0. The largest absolute Gasteiger partial charge is 0.432 e. The first-order valence-electron chi connectivity index (χ1n) is 8.22. The van der Waals surface area contributed by atoms with Crippen LogP contribution in [0.2, 0.25) is 5.02 Å². The molecule has 0 fully saturated rings. The normalized spacial score (nSPS) is 16.2. The molecule has 0 unspecified atom stereocenters. The molecule has 0 radical (unpaired) electrons. The number of hydrogen-bond acceptors (Lipinski definition) is 6. The van der Waals surface area contributed by atoms with Crippen molar-refractivity contribution in [3.63, 3.8) is 0 Å². The van der Waals surface area contributed by atoms with E-state index in [9.17, 15) is 22.8 Å². The number of halogens is 4. The molecule has 0 N–H and O–H groups in total. The second kappa shape index (κ2) is 7.48. The maximum atomic E-state index is 13.0. The van der Waals surface area contributed by atoms with E-state index in [0.29, 0.717) is 13.1 Å². The van der Waals surface area contributed by atoms with Crippen LogP contribution < -0.4 is 0 Å². The second-order valence-electron chi connectivity index (χ2n) is 6.45. The lowest BCUT2D eigenvalue weighted by Crippen LogP contribution is -2.27. The van der Waals surface area contributed by atoms with Crippen LogP contribution in [-0.4, -0.2) is 54.3 Å². The zero-order chi connectivity index (χ0) is 20.6. The van der Waals surface area contributed by atoms with Crippen molar-refractivity contribution in [1.29, 1.82) is 0 Å². The van der Waals surface area contributed by atoms with Crippen molar-refractivity contribution in [3.8, 4) is 11.5 Å². The fraction of sp³-hybridized carbons (Fsp3) is 0.333. The Hall–Kier alpha value is -2.52. The van der Waals surface area contributed by atoms with Gasteiger partial charge in [-0.1, -0.05) is 11.6 Å². The minimum Gasteiger partial charge on any atom is -0.432 e. The van der Waals surface area contributed by atoms with E-state index in [1.54, 1.807) is 0 Å². The quantitative estimate of drug-likeness (QED) is 0.762. The molecule has 1 aliphatic rings. The summed E-state index contributed by atoms with van der Waals surface area (Å²) in [7, 11) is 3.68. The van der Waals surface area contributed by atoms with Gasteiger partial charge in [0.1, 0.15) is 0 Å². The van der Waals surface area contributed by atoms with Crippen LogP contribution in [0.4, 0.5) is 13.2 Å². The minimum absolute atomic E-state index is 0.0391. The molecule has 3 rings (SSSR count). The van der Waals surface area contributed by atoms with Crippen LogP contribution >= 0.6 is 11.6 Å². The van der Waals surface area contributed by atoms with Crippen LogP contribution in [-0.2, 0) is 6.18 Å². The third kappa shape index (κ3) is 4.00. The van der Waals surface area contributed by atoms with Crippen molar-refractivity contribution >= 4 is 28.9 Å². The third-order valence-electron chi connectivity index (χ3n) is 4.06. The van der Waals surface area contributed by atoms with Crippen molar-refractivity contribution in [3.05, 3.63) is 40.2 Å². The second-order valence-corrected chi connectivity index (χ2v) is 6.86. The van der Waals surface area contributed by atoms with E-state index in [1.807, 2.05) is 19.0 Å². The number of ketones is 2. The van der Waals surface area contributed by atoms with Gasteiger partial charge >= 0.3 is 6.18 Å². The van der Waals surface area contributed by atoms with E-state index in [-0.39, 0.29) is 40.1 Å². The summed E-state index contributed by atoms with van der Waals surface area (Å²) < 4.78 is 44.3. The van der Waals surface area contributed by atoms with Crippen molar-refractivity contribution in [1.82, 2.24) is 9.88 Å². The number of aliphatic imine (C=N–C) groups is 1. The predicted octanol–water partition coefficient (Wildman–Crippen LogP) is 3.79. The average Bonchev–Trinajstić information content (AvgIpc) is 3.04. The first-order valence-corrected chi connectivity index (χ1v) is 8.59. The summed E-state index contributed by atoms with van der Waals surface area (Å²) in [6, 6.07) is 2.64. The van der Waals surface area contributed by atoms with Crippen LogP contribution in [0.3, 0.4) is 0 Å². The SMILES string of the molecule is CN(C)CCN=C1CC(=O)c2nc(-c3cc(C(F)(F)F)ccc3Cl)oc2C1=O. The Bertz CT molecular complexity index is 980. The molecule has 0 spiro atoms. The Labute approximate surface area is 163 Å². The Balaban J connectivity index is 1.99. The summed E-state index contributed by atoms with van der Waals surface area (Å²) in [5.41, 5.74) is -1.29. The molecule has 0 aliphatic heterocycles. The van der Waals surface area contributed by atoms with Gasteiger partial charge < -0.3 is 9.32 Å². The number of fused-ring (bicyclic) bond motifs is 1. The van der Waals surface area contributed by atoms with Gasteiger partial charge in [0.25, 0.3) is 0 Å². The lowest BCUT2D eigenvalue weighted by molar-refractivity contribution is -0.137. The zero-order valence-electron chi connectivity index (χ0n) is 14.9. The molecule has 0 atom stereocenters. The number of aromatic nitrogens is 1. The summed E-state index contributed by atoms with van der Waals surface area (Å²) in [5, 5.41) is -0.0497. The van der Waals surface area contributed by atoms with Gasteiger partial charge in [-0.25, -0.2) is 4.98 Å². The monoisotopic (exact) mass is 413 g/mol. The topological polar surface area (TPSA) is 75.8 Å². The number of carbonyl (C=O) groups excluding carboxylic acids is 2. The number of carbonyl (C=O) groups is 2. The molecule has 2 aromatic rings. The highest BCUT2D eigenvalue weighted by Crippen LogP contribution is 2.36. The molecular formula is C18H15ClF3N3O3. The van der Waals surface area contributed by atoms with Gasteiger partial charge in [-0.15, -0.1) is 0 Å². The first-order chi connectivity index (χ1) is 13.1. The molecule has 0 bridgehead atoms. The lowest BCUT2D eigenvalue weighted by atomic mass is 9.97. The van der Waals surface area contributed by atoms with Crippen molar-refractivity contribution in [2.75, 3.05) is 27.2 Å². The molecule has 148 valence electrons. The summed E-state index contributed by atoms with van der Waals surface area (Å²) >= 11 is 5.98. The molecule has 28 heavy (non-hydrogen) atoms. The average molecular weight is 414 g/mol. The Kier molecular flexibility index (Phi) is 5.40. The number of hydrogen-bond donors (Lipinski definition) is 0. The Morgan fingerprint density at radius 2 is 2.00 bits per heavy atom. The molecule has 1 aromatic heterocycles. The van der Waals surface area contributed by atoms with Gasteiger partial charge in [-0.05, 0) is 32.3 Å². The van der Waals surface area contributed by atoms with E-state index >= 15 is 0 Å². The highest BCUT2D eigenvalue weighted by atomic mass is 35.5. The summed E-state index contributed by atoms with van der Waals surface area (Å²) in [6.45, 7) is 0.899. The highest BCUT2D eigenvalue weighted by Gasteiger charge is 2.36. The fourth-order valence-corrected chi connectivity index (χ4v) is 2.80. The highest BCUT2D eigenvalue weighted by molar-refractivity contribution is 6.51. The van der Waals surface area contributed by atoms with E-state index in [4.69, 9.17) is 16.0 Å². The summed E-state index contributed by atoms with van der Waals surface area (Å²) in [4.78, 5) is 34.8. The van der Waals surface area contributed by atoms with Gasteiger partial charge in [-0.2, -0.15) is 13.2 Å². The molecule has 6 nitrogen and oxygen atoms in total. The molecule has 10 heteroatoms. The van der Waals surface area contributed by atoms with Gasteiger partial charge in [-0.3, -0.25) is 14.6 Å². The number of Topliss-reactive ketones (excluding diaryl/α,β-unsaturated/α-hetero) is 2. The smallest absolute Gasteiger partial charge is 0.416 e. The molecule has 1 aromatic carbocycles. The van der Waals surface area contributed by atoms with Crippen LogP contribution in [0, 0.1) is 0 Å². The molecule has 0 saturated carbocycles. The first kappa shape index (κ1) is 20.2. The zero-order valence-corrected chi connectivity index (χ0v) is 15.7. The van der Waals surface area contributed by atoms with Crippen molar-refractivity contribution in [2.24, 2.45) is 4.99 Å². The summed E-state index contributed by atoms with van der Waals surface area (Å²) in [6.07, 6.45) is -4.83. The molecule has 0 amide bonds.